The molecule has 5 heteroatoms. The number of fused-ring (bicyclic) bond motifs is 1. The van der Waals surface area contributed by atoms with Crippen molar-refractivity contribution in [3.8, 4) is 0 Å². The first-order valence-corrected chi connectivity index (χ1v) is 7.45. The van der Waals surface area contributed by atoms with E-state index in [1.165, 1.54) is 5.69 Å². The molecule has 1 aromatic carbocycles. The largest absolute Gasteiger partial charge is 0.384 e. The van der Waals surface area contributed by atoms with Gasteiger partial charge in [0, 0.05) is 37.9 Å². The number of benzene rings is 1. The quantitative estimate of drug-likeness (QED) is 0.872. The minimum atomic E-state index is 0.0566. The molecule has 0 N–H and O–H groups in total. The molecule has 3 rings (SSSR count). The van der Waals surface area contributed by atoms with E-state index in [4.69, 9.17) is 4.74 Å². The maximum absolute atomic E-state index is 12.8. The Morgan fingerprint density at radius 2 is 2.27 bits per heavy atom. The Balaban J connectivity index is 1.89. The summed E-state index contributed by atoms with van der Waals surface area (Å²) in [5.74, 6) is 0.219. The molecule has 116 valence electrons. The predicted molar refractivity (Wildman–Crippen MR) is 83.7 cm³/mol. The zero-order chi connectivity index (χ0) is 15.7. The molecule has 1 aliphatic heterocycles. The lowest BCUT2D eigenvalue weighted by atomic mass is 9.98. The normalized spacial score (nSPS) is 17.4. The fraction of sp³-hybridized carbons (Fsp3) is 0.412. The molecule has 5 nitrogen and oxygen atoms in total. The van der Waals surface area contributed by atoms with Gasteiger partial charge in [-0.05, 0) is 19.1 Å². The molecule has 0 saturated carbocycles. The Bertz CT molecular complexity index is 693. The van der Waals surface area contributed by atoms with Gasteiger partial charge in [0.2, 0.25) is 0 Å². The molecule has 2 heterocycles. The summed E-state index contributed by atoms with van der Waals surface area (Å²) in [6.45, 7) is 3.80. The maximum atomic E-state index is 12.8. The van der Waals surface area contributed by atoms with Gasteiger partial charge >= 0.3 is 0 Å². The van der Waals surface area contributed by atoms with E-state index >= 15 is 0 Å². The number of aromatic nitrogens is 2. The minimum Gasteiger partial charge on any atom is -0.384 e. The van der Waals surface area contributed by atoms with E-state index in [1.54, 1.807) is 7.11 Å². The molecule has 1 unspecified atom stereocenters. The van der Waals surface area contributed by atoms with Crippen molar-refractivity contribution in [3.63, 3.8) is 0 Å². The van der Waals surface area contributed by atoms with Crippen LogP contribution in [0.15, 0.2) is 30.6 Å². The number of methoxy groups -OCH3 is 1. The number of ether oxygens (including phenoxy) is 1. The Kier molecular flexibility index (Phi) is 3.98. The van der Waals surface area contributed by atoms with E-state index in [-0.39, 0.29) is 11.8 Å². The van der Waals surface area contributed by atoms with Crippen LogP contribution in [0.2, 0.25) is 0 Å². The first-order chi connectivity index (χ1) is 10.6. The Morgan fingerprint density at radius 1 is 1.45 bits per heavy atom. The van der Waals surface area contributed by atoms with Crippen molar-refractivity contribution in [1.29, 1.82) is 0 Å². The summed E-state index contributed by atoms with van der Waals surface area (Å²) >= 11 is 0. The second-order valence-electron chi connectivity index (χ2n) is 5.89. The van der Waals surface area contributed by atoms with E-state index in [2.05, 4.69) is 4.98 Å². The van der Waals surface area contributed by atoms with E-state index in [0.29, 0.717) is 19.7 Å². The second-order valence-corrected chi connectivity index (χ2v) is 5.89. The Hall–Kier alpha value is -2.14. The molecule has 1 amide bonds. The van der Waals surface area contributed by atoms with Crippen molar-refractivity contribution < 1.29 is 9.53 Å². The average Bonchev–Trinajstić information content (AvgIpc) is 2.88. The molecular weight excluding hydrogens is 278 g/mol. The number of carbonyl (C=O) groups excluding carboxylic acids is 1. The van der Waals surface area contributed by atoms with Crippen LogP contribution in [0.4, 0.5) is 0 Å². The highest BCUT2D eigenvalue weighted by atomic mass is 16.5. The molecule has 22 heavy (non-hydrogen) atoms. The number of hydrogen-bond donors (Lipinski definition) is 0. The lowest BCUT2D eigenvalue weighted by molar-refractivity contribution is 0.0673. The molecular formula is C17H21N3O2. The van der Waals surface area contributed by atoms with Crippen LogP contribution in [0.5, 0.6) is 0 Å². The van der Waals surface area contributed by atoms with E-state index < -0.39 is 0 Å². The van der Waals surface area contributed by atoms with Crippen molar-refractivity contribution >= 4 is 5.91 Å². The summed E-state index contributed by atoms with van der Waals surface area (Å²) in [4.78, 5) is 19.1. The zero-order valence-electron chi connectivity index (χ0n) is 13.2. The van der Waals surface area contributed by atoms with Gasteiger partial charge in [-0.25, -0.2) is 4.98 Å². The van der Waals surface area contributed by atoms with Gasteiger partial charge in [-0.3, -0.25) is 4.79 Å². The molecule has 0 radical (unpaired) electrons. The summed E-state index contributed by atoms with van der Waals surface area (Å²) in [6, 6.07) is 7.72. The monoisotopic (exact) mass is 299 g/mol. The summed E-state index contributed by atoms with van der Waals surface area (Å²) < 4.78 is 7.37. The molecule has 0 bridgehead atoms. The fourth-order valence-electron chi connectivity index (χ4n) is 3.18. The maximum Gasteiger partial charge on any atom is 0.254 e. The standard InChI is InChI=1S/C17H21N3O2/c1-12-5-4-6-13(7-12)17(21)20-8-14(10-22-3)16-15(9-20)18-11-19(16)2/h4-7,11,14H,8-10H2,1-3H3. The van der Waals surface area contributed by atoms with Crippen molar-refractivity contribution in [2.75, 3.05) is 20.3 Å². The summed E-state index contributed by atoms with van der Waals surface area (Å²) in [5.41, 5.74) is 3.97. The number of aryl methyl sites for hydroxylation is 2. The highest BCUT2D eigenvalue weighted by Gasteiger charge is 2.31. The average molecular weight is 299 g/mol. The van der Waals surface area contributed by atoms with Gasteiger partial charge in [0.05, 0.1) is 25.2 Å². The van der Waals surface area contributed by atoms with Gasteiger partial charge in [0.25, 0.3) is 5.91 Å². The van der Waals surface area contributed by atoms with Crippen molar-refractivity contribution in [2.24, 2.45) is 7.05 Å². The molecule has 1 atom stereocenters. The second kappa shape index (κ2) is 5.93. The third-order valence-corrected chi connectivity index (χ3v) is 4.15. The van der Waals surface area contributed by atoms with Crippen LogP contribution in [0.1, 0.15) is 33.2 Å². The number of hydrogen-bond acceptors (Lipinski definition) is 3. The number of imidazole rings is 1. The number of rotatable bonds is 3. The van der Waals surface area contributed by atoms with Crippen LogP contribution in [-0.4, -0.2) is 40.6 Å². The highest BCUT2D eigenvalue weighted by Crippen LogP contribution is 2.28. The van der Waals surface area contributed by atoms with E-state index in [9.17, 15) is 4.79 Å². The third-order valence-electron chi connectivity index (χ3n) is 4.15. The zero-order valence-corrected chi connectivity index (χ0v) is 13.2. The molecule has 1 aromatic heterocycles. The number of carbonyl (C=O) groups is 1. The van der Waals surface area contributed by atoms with Gasteiger partial charge in [0.1, 0.15) is 0 Å². The van der Waals surface area contributed by atoms with E-state index in [0.717, 1.165) is 16.8 Å². The highest BCUT2D eigenvalue weighted by molar-refractivity contribution is 5.94. The summed E-state index contributed by atoms with van der Waals surface area (Å²) in [5, 5.41) is 0. The Labute approximate surface area is 130 Å². The van der Waals surface area contributed by atoms with Crippen LogP contribution >= 0.6 is 0 Å². The molecule has 1 aliphatic rings. The van der Waals surface area contributed by atoms with Gasteiger partial charge in [-0.2, -0.15) is 0 Å². The van der Waals surface area contributed by atoms with E-state index in [1.807, 2.05) is 54.0 Å². The first kappa shape index (κ1) is 14.8. The SMILES string of the molecule is COCC1CN(C(=O)c2cccc(C)c2)Cc2ncn(C)c21. The van der Waals surface area contributed by atoms with Crippen LogP contribution in [0.25, 0.3) is 0 Å². The summed E-state index contributed by atoms with van der Waals surface area (Å²) in [6.07, 6.45) is 1.81. The number of amides is 1. The van der Waals surface area contributed by atoms with Crippen LogP contribution < -0.4 is 0 Å². The Morgan fingerprint density at radius 3 is 3.00 bits per heavy atom. The van der Waals surface area contributed by atoms with Crippen LogP contribution in [-0.2, 0) is 18.3 Å². The smallest absolute Gasteiger partial charge is 0.254 e. The van der Waals surface area contributed by atoms with Crippen molar-refractivity contribution in [3.05, 3.63) is 53.1 Å². The van der Waals surface area contributed by atoms with Crippen LogP contribution in [0.3, 0.4) is 0 Å². The lowest BCUT2D eigenvalue weighted by Gasteiger charge is -2.32. The number of nitrogens with zero attached hydrogens (tertiary/aromatic N) is 3. The topological polar surface area (TPSA) is 47.4 Å². The molecule has 0 fully saturated rings. The van der Waals surface area contributed by atoms with Crippen molar-refractivity contribution in [1.82, 2.24) is 14.5 Å². The predicted octanol–water partition coefficient (Wildman–Crippen LogP) is 2.11. The molecule has 0 aliphatic carbocycles. The third kappa shape index (κ3) is 2.64. The van der Waals surface area contributed by atoms with Crippen molar-refractivity contribution in [2.45, 2.75) is 19.4 Å². The van der Waals surface area contributed by atoms with Gasteiger partial charge < -0.3 is 14.2 Å². The molecule has 0 saturated heterocycles. The van der Waals surface area contributed by atoms with Gasteiger partial charge in [-0.15, -0.1) is 0 Å². The first-order valence-electron chi connectivity index (χ1n) is 7.45. The summed E-state index contributed by atoms with van der Waals surface area (Å²) in [7, 11) is 3.68. The minimum absolute atomic E-state index is 0.0566. The fourth-order valence-corrected chi connectivity index (χ4v) is 3.18. The lowest BCUT2D eigenvalue weighted by Crippen LogP contribution is -2.40. The van der Waals surface area contributed by atoms with Gasteiger partial charge in [-0.1, -0.05) is 17.7 Å². The molecule has 2 aromatic rings. The van der Waals surface area contributed by atoms with Gasteiger partial charge in [0.15, 0.2) is 0 Å². The van der Waals surface area contributed by atoms with Crippen LogP contribution in [0, 0.1) is 6.92 Å². The molecule has 0 spiro atoms.